The second kappa shape index (κ2) is 15.9. The van der Waals surface area contributed by atoms with Gasteiger partial charge in [0.15, 0.2) is 0 Å². The molecule has 10 nitrogen and oxygen atoms in total. The minimum absolute atomic E-state index is 0.0499. The highest BCUT2D eigenvalue weighted by molar-refractivity contribution is 7.89. The van der Waals surface area contributed by atoms with Gasteiger partial charge in [0.1, 0.15) is 11.9 Å². The molecule has 0 bridgehead atoms. The first-order valence-electron chi connectivity index (χ1n) is 17.2. The zero-order chi connectivity index (χ0) is 37.0. The molecule has 4 aromatic rings. The summed E-state index contributed by atoms with van der Waals surface area (Å²) >= 11 is 1.35. The second-order valence-corrected chi connectivity index (χ2v) is 17.7. The van der Waals surface area contributed by atoms with Gasteiger partial charge in [0.05, 0.1) is 39.3 Å². The molecule has 1 aliphatic rings. The summed E-state index contributed by atoms with van der Waals surface area (Å²) in [5, 5.41) is 20.9. The molecule has 0 radical (unpaired) electrons. The Bertz CT molecular complexity index is 1930. The van der Waals surface area contributed by atoms with Crippen molar-refractivity contribution in [1.82, 2.24) is 25.2 Å². The predicted molar refractivity (Wildman–Crippen MR) is 198 cm³/mol. The number of hydrogen-bond donors (Lipinski definition) is 4. The van der Waals surface area contributed by atoms with Gasteiger partial charge in [0.2, 0.25) is 21.8 Å². The third-order valence-corrected chi connectivity index (χ3v) is 11.8. The molecule has 0 saturated heterocycles. The molecule has 0 aliphatic heterocycles. The molecular weight excluding hydrogens is 690 g/mol. The number of benzene rings is 3. The van der Waals surface area contributed by atoms with Crippen LogP contribution in [0.2, 0.25) is 0 Å². The van der Waals surface area contributed by atoms with Crippen molar-refractivity contribution in [3.05, 3.63) is 95.3 Å². The summed E-state index contributed by atoms with van der Waals surface area (Å²) in [6.07, 6.45) is 0.442. The van der Waals surface area contributed by atoms with Gasteiger partial charge in [-0.2, -0.15) is 4.31 Å². The van der Waals surface area contributed by atoms with Crippen LogP contribution in [0.15, 0.2) is 83.2 Å². The number of fused-ring (bicyclic) bond motifs is 1. The van der Waals surface area contributed by atoms with E-state index < -0.39 is 51.0 Å². The lowest BCUT2D eigenvalue weighted by Gasteiger charge is -2.34. The van der Waals surface area contributed by atoms with Crippen LogP contribution in [0.4, 0.5) is 4.39 Å². The van der Waals surface area contributed by atoms with Crippen LogP contribution in [-0.4, -0.2) is 72.4 Å². The smallest absolute Gasteiger partial charge is 0.243 e. The summed E-state index contributed by atoms with van der Waals surface area (Å²) in [6.45, 7) is 9.10. The number of aromatic nitrogens is 1. The van der Waals surface area contributed by atoms with Gasteiger partial charge < -0.3 is 15.7 Å². The fourth-order valence-corrected chi connectivity index (χ4v) is 8.63. The number of rotatable bonds is 16. The third-order valence-electron chi connectivity index (χ3n) is 9.14. The number of sulfonamides is 1. The van der Waals surface area contributed by atoms with Gasteiger partial charge in [-0.15, -0.1) is 11.3 Å². The first-order chi connectivity index (χ1) is 24.1. The Hall–Kier alpha value is -3.75. The fraction of sp³-hybridized carbons (Fsp3) is 0.447. The van der Waals surface area contributed by atoms with Gasteiger partial charge in [-0.25, -0.2) is 17.8 Å². The van der Waals surface area contributed by atoms with Crippen molar-refractivity contribution in [3.8, 4) is 0 Å². The van der Waals surface area contributed by atoms with Crippen molar-refractivity contribution < 1.29 is 27.5 Å². The van der Waals surface area contributed by atoms with Crippen molar-refractivity contribution in [3.63, 3.8) is 0 Å². The SMILES string of the molecule is CC(C)CN(CC(O)C(Cc1ccccc1)NC(=O)C(NC(=O)CNC1(c2cccc(F)c2)CC1)C(C)(C)C)S(=O)(=O)c1ccc2ncsc2c1. The number of amides is 2. The first-order valence-corrected chi connectivity index (χ1v) is 19.6. The summed E-state index contributed by atoms with van der Waals surface area (Å²) in [6, 6.07) is 18.6. The van der Waals surface area contributed by atoms with E-state index in [2.05, 4.69) is 20.9 Å². The molecule has 1 aromatic heterocycles. The fourth-order valence-electron chi connectivity index (χ4n) is 6.19. The van der Waals surface area contributed by atoms with Crippen molar-refractivity contribution in [2.45, 2.75) is 82.5 Å². The number of nitrogens with zero attached hydrogens (tertiary/aromatic N) is 2. The molecule has 5 rings (SSSR count). The van der Waals surface area contributed by atoms with Crippen LogP contribution in [0.3, 0.4) is 0 Å². The topological polar surface area (TPSA) is 141 Å². The Labute approximate surface area is 303 Å². The number of halogens is 1. The summed E-state index contributed by atoms with van der Waals surface area (Å²) < 4.78 is 44.0. The molecule has 3 aromatic carbocycles. The van der Waals surface area contributed by atoms with E-state index in [9.17, 15) is 27.5 Å². The second-order valence-electron chi connectivity index (χ2n) is 14.9. The number of hydrogen-bond acceptors (Lipinski definition) is 8. The van der Waals surface area contributed by atoms with Crippen molar-refractivity contribution in [1.29, 1.82) is 0 Å². The van der Waals surface area contributed by atoms with Crippen molar-refractivity contribution in [2.75, 3.05) is 19.6 Å². The van der Waals surface area contributed by atoms with E-state index in [0.717, 1.165) is 28.7 Å². The Balaban J connectivity index is 1.33. The van der Waals surface area contributed by atoms with Crippen LogP contribution < -0.4 is 16.0 Å². The molecule has 3 atom stereocenters. The van der Waals surface area contributed by atoms with E-state index in [1.54, 1.807) is 23.7 Å². The normalized spacial score (nSPS) is 16.2. The molecule has 4 N–H and O–H groups in total. The molecular formula is C38H48FN5O5S2. The van der Waals surface area contributed by atoms with Gasteiger partial charge in [-0.05, 0) is 72.1 Å². The number of thiazole rings is 1. The Morgan fingerprint density at radius 2 is 1.73 bits per heavy atom. The highest BCUT2D eigenvalue weighted by atomic mass is 32.2. The van der Waals surface area contributed by atoms with Crippen LogP contribution in [0.5, 0.6) is 0 Å². The van der Waals surface area contributed by atoms with Crippen molar-refractivity contribution >= 4 is 43.4 Å². The lowest BCUT2D eigenvalue weighted by atomic mass is 9.85. The lowest BCUT2D eigenvalue weighted by Crippen LogP contribution is -2.59. The van der Waals surface area contributed by atoms with Crippen molar-refractivity contribution in [2.24, 2.45) is 11.3 Å². The molecule has 3 unspecified atom stereocenters. The minimum Gasteiger partial charge on any atom is -0.390 e. The Kier molecular flexibility index (Phi) is 12.0. The number of aliphatic hydroxyl groups excluding tert-OH is 1. The Morgan fingerprint density at radius 3 is 2.37 bits per heavy atom. The number of carbonyl (C=O) groups excluding carboxylic acids is 2. The highest BCUT2D eigenvalue weighted by Crippen LogP contribution is 2.45. The highest BCUT2D eigenvalue weighted by Gasteiger charge is 2.45. The summed E-state index contributed by atoms with van der Waals surface area (Å²) in [5.74, 6) is -1.30. The van der Waals surface area contributed by atoms with E-state index in [1.807, 2.05) is 71.0 Å². The quantitative estimate of drug-likeness (QED) is 0.127. The summed E-state index contributed by atoms with van der Waals surface area (Å²) in [5.41, 5.74) is 2.77. The largest absolute Gasteiger partial charge is 0.390 e. The molecule has 274 valence electrons. The average Bonchev–Trinajstić information content (AvgIpc) is 3.72. The van der Waals surface area contributed by atoms with Gasteiger partial charge in [0.25, 0.3) is 0 Å². The number of nitrogens with one attached hydrogen (secondary N) is 3. The zero-order valence-electron chi connectivity index (χ0n) is 29.7. The number of carbonyl (C=O) groups is 2. The van der Waals surface area contributed by atoms with Gasteiger partial charge in [0, 0.05) is 18.6 Å². The van der Waals surface area contributed by atoms with Crippen LogP contribution >= 0.6 is 11.3 Å². The van der Waals surface area contributed by atoms with E-state index >= 15 is 0 Å². The van der Waals surface area contributed by atoms with Gasteiger partial charge >= 0.3 is 0 Å². The molecule has 1 saturated carbocycles. The molecule has 0 spiro atoms. The third kappa shape index (κ3) is 9.78. The van der Waals surface area contributed by atoms with Crippen LogP contribution in [0, 0.1) is 17.2 Å². The maximum absolute atomic E-state index is 14.0. The van der Waals surface area contributed by atoms with E-state index in [4.69, 9.17) is 0 Å². The summed E-state index contributed by atoms with van der Waals surface area (Å²) in [7, 11) is -4.03. The molecule has 1 fully saturated rings. The van der Waals surface area contributed by atoms with E-state index in [0.29, 0.717) is 5.52 Å². The monoisotopic (exact) mass is 737 g/mol. The number of aliphatic hydroxyl groups is 1. The maximum Gasteiger partial charge on any atom is 0.243 e. The molecule has 13 heteroatoms. The van der Waals surface area contributed by atoms with E-state index in [1.165, 1.54) is 33.8 Å². The minimum atomic E-state index is -4.03. The molecule has 51 heavy (non-hydrogen) atoms. The van der Waals surface area contributed by atoms with Gasteiger partial charge in [-0.1, -0.05) is 77.1 Å². The van der Waals surface area contributed by atoms with Crippen LogP contribution in [0.1, 0.15) is 58.6 Å². The molecule has 2 amide bonds. The van der Waals surface area contributed by atoms with Crippen LogP contribution in [-0.2, 0) is 31.6 Å². The zero-order valence-corrected chi connectivity index (χ0v) is 31.4. The average molecular weight is 738 g/mol. The first kappa shape index (κ1) is 38.5. The molecule has 1 aliphatic carbocycles. The maximum atomic E-state index is 14.0. The predicted octanol–water partition coefficient (Wildman–Crippen LogP) is 4.98. The summed E-state index contributed by atoms with van der Waals surface area (Å²) in [4.78, 5) is 31.7. The van der Waals surface area contributed by atoms with Crippen LogP contribution in [0.25, 0.3) is 10.2 Å². The Morgan fingerprint density at radius 1 is 1.00 bits per heavy atom. The van der Waals surface area contributed by atoms with Gasteiger partial charge in [-0.3, -0.25) is 14.9 Å². The molecule has 1 heterocycles. The standard InChI is InChI=1S/C38H48FN5O5S2/c1-25(2)22-44(51(48,49)29-14-15-30-33(20-29)50-24-40-30)23-32(45)31(18-26-10-7-6-8-11-26)42-36(47)35(37(3,4)5)43-34(46)21-41-38(16-17-38)27-12-9-13-28(39)19-27/h6-15,19-20,24-25,31-32,35,41,45H,16-18,21-23H2,1-5H3,(H,42,47)(H,43,46). The lowest BCUT2D eigenvalue weighted by molar-refractivity contribution is -0.132. The van der Waals surface area contributed by atoms with E-state index in [-0.39, 0.29) is 42.7 Å².